The van der Waals surface area contributed by atoms with Gasteiger partial charge in [0.05, 0.1) is 37.4 Å². The highest BCUT2D eigenvalue weighted by atomic mass is 32.2. The lowest BCUT2D eigenvalue weighted by Gasteiger charge is -2.26. The van der Waals surface area contributed by atoms with Crippen molar-refractivity contribution in [2.75, 3.05) is 38.7 Å². The molecule has 0 bridgehead atoms. The summed E-state index contributed by atoms with van der Waals surface area (Å²) >= 11 is 0. The Morgan fingerprint density at radius 1 is 1.09 bits per heavy atom. The van der Waals surface area contributed by atoms with E-state index in [2.05, 4.69) is 10.4 Å². The molecule has 1 aliphatic heterocycles. The molecule has 0 aliphatic carbocycles. The van der Waals surface area contributed by atoms with Crippen molar-refractivity contribution in [3.63, 3.8) is 0 Å². The first-order valence-electron chi connectivity index (χ1n) is 10.5. The number of para-hydroxylation sites is 2. The number of anilines is 1. The van der Waals surface area contributed by atoms with Crippen LogP contribution in [0.25, 0.3) is 5.69 Å². The Hall–Kier alpha value is -3.21. The van der Waals surface area contributed by atoms with Crippen LogP contribution in [0.5, 0.6) is 5.75 Å². The second-order valence-corrected chi connectivity index (χ2v) is 9.60. The van der Waals surface area contributed by atoms with E-state index in [0.717, 1.165) is 11.4 Å². The molecule has 2 heterocycles. The van der Waals surface area contributed by atoms with Crippen molar-refractivity contribution in [3.8, 4) is 11.4 Å². The molecule has 1 fully saturated rings. The molecule has 0 atom stereocenters. The number of methoxy groups -OCH3 is 1. The van der Waals surface area contributed by atoms with Gasteiger partial charge in [-0.05, 0) is 50.2 Å². The second kappa shape index (κ2) is 9.34. The third-order valence-electron chi connectivity index (χ3n) is 5.40. The highest BCUT2D eigenvalue weighted by Gasteiger charge is 2.30. The number of morpholine rings is 1. The Morgan fingerprint density at radius 3 is 2.48 bits per heavy atom. The van der Waals surface area contributed by atoms with Gasteiger partial charge < -0.3 is 14.8 Å². The number of amides is 1. The molecule has 4 rings (SSSR count). The first kappa shape index (κ1) is 23.0. The largest absolute Gasteiger partial charge is 0.495 e. The minimum Gasteiger partial charge on any atom is -0.495 e. The molecule has 174 valence electrons. The van der Waals surface area contributed by atoms with E-state index in [1.165, 1.54) is 23.5 Å². The third-order valence-corrected chi connectivity index (χ3v) is 7.32. The van der Waals surface area contributed by atoms with Crippen molar-refractivity contribution in [2.24, 2.45) is 0 Å². The van der Waals surface area contributed by atoms with Crippen LogP contribution in [0.15, 0.2) is 53.4 Å². The number of aromatic nitrogens is 2. The van der Waals surface area contributed by atoms with Gasteiger partial charge in [-0.25, -0.2) is 13.1 Å². The maximum atomic E-state index is 13.2. The third kappa shape index (κ3) is 4.63. The average Bonchev–Trinajstić information content (AvgIpc) is 3.17. The van der Waals surface area contributed by atoms with Crippen molar-refractivity contribution in [3.05, 3.63) is 65.5 Å². The topological polar surface area (TPSA) is 103 Å². The van der Waals surface area contributed by atoms with E-state index < -0.39 is 15.9 Å². The SMILES string of the molecule is COc1ccc(C(=O)Nc2ccccc2-n2nc(C)cc2C)cc1S(=O)(=O)N1CCOCC1. The Balaban J connectivity index is 1.67. The van der Waals surface area contributed by atoms with Crippen molar-refractivity contribution in [1.29, 1.82) is 0 Å². The van der Waals surface area contributed by atoms with E-state index in [1.807, 2.05) is 38.1 Å². The van der Waals surface area contributed by atoms with Gasteiger partial charge in [0.2, 0.25) is 10.0 Å². The molecule has 1 aliphatic rings. The molecule has 1 aromatic heterocycles. The van der Waals surface area contributed by atoms with Crippen LogP contribution in [0.2, 0.25) is 0 Å². The summed E-state index contributed by atoms with van der Waals surface area (Å²) in [5.74, 6) is -0.258. The zero-order valence-electron chi connectivity index (χ0n) is 18.7. The van der Waals surface area contributed by atoms with E-state index in [-0.39, 0.29) is 29.3 Å². The number of rotatable bonds is 6. The van der Waals surface area contributed by atoms with Gasteiger partial charge in [0.1, 0.15) is 10.6 Å². The summed E-state index contributed by atoms with van der Waals surface area (Å²) in [5, 5.41) is 7.38. The molecule has 0 radical (unpaired) electrons. The summed E-state index contributed by atoms with van der Waals surface area (Å²) in [7, 11) is -2.45. The van der Waals surface area contributed by atoms with Crippen molar-refractivity contribution >= 4 is 21.6 Å². The second-order valence-electron chi connectivity index (χ2n) is 7.69. The van der Waals surface area contributed by atoms with E-state index >= 15 is 0 Å². The number of hydrogen-bond acceptors (Lipinski definition) is 6. The van der Waals surface area contributed by atoms with Gasteiger partial charge in [-0.3, -0.25) is 4.79 Å². The summed E-state index contributed by atoms with van der Waals surface area (Å²) in [6.45, 7) is 4.98. The molecule has 0 saturated carbocycles. The quantitative estimate of drug-likeness (QED) is 0.594. The summed E-state index contributed by atoms with van der Waals surface area (Å²) in [4.78, 5) is 13.1. The first-order chi connectivity index (χ1) is 15.8. The van der Waals surface area contributed by atoms with Crippen LogP contribution in [-0.2, 0) is 14.8 Å². The van der Waals surface area contributed by atoms with Crippen LogP contribution in [0.1, 0.15) is 21.7 Å². The molecule has 0 unspecified atom stereocenters. The normalized spacial score (nSPS) is 14.8. The van der Waals surface area contributed by atoms with E-state index in [9.17, 15) is 13.2 Å². The zero-order valence-corrected chi connectivity index (χ0v) is 19.6. The number of hydrogen-bond donors (Lipinski definition) is 1. The predicted octanol–water partition coefficient (Wildman–Crippen LogP) is 2.77. The number of nitrogens with zero attached hydrogens (tertiary/aromatic N) is 3. The van der Waals surface area contributed by atoms with Crippen molar-refractivity contribution in [1.82, 2.24) is 14.1 Å². The van der Waals surface area contributed by atoms with Gasteiger partial charge in [-0.1, -0.05) is 12.1 Å². The van der Waals surface area contributed by atoms with Gasteiger partial charge in [0, 0.05) is 24.3 Å². The number of benzene rings is 2. The minimum atomic E-state index is -3.85. The number of carbonyl (C=O) groups is 1. The van der Waals surface area contributed by atoms with Crippen LogP contribution in [0.4, 0.5) is 5.69 Å². The molecule has 9 nitrogen and oxygen atoms in total. The van der Waals surface area contributed by atoms with Crippen LogP contribution >= 0.6 is 0 Å². The van der Waals surface area contributed by atoms with Gasteiger partial charge in [0.15, 0.2) is 0 Å². The smallest absolute Gasteiger partial charge is 0.255 e. The summed E-state index contributed by atoms with van der Waals surface area (Å²) in [6, 6.07) is 13.6. The Morgan fingerprint density at radius 2 is 1.82 bits per heavy atom. The van der Waals surface area contributed by atoms with Gasteiger partial charge >= 0.3 is 0 Å². The summed E-state index contributed by atoms with van der Waals surface area (Å²) < 4.78 is 40.1. The Kier molecular flexibility index (Phi) is 6.50. The van der Waals surface area contributed by atoms with E-state index in [1.54, 1.807) is 16.8 Å². The monoisotopic (exact) mass is 470 g/mol. The first-order valence-corrected chi connectivity index (χ1v) is 11.9. The molecule has 1 amide bonds. The lowest BCUT2D eigenvalue weighted by Crippen LogP contribution is -2.40. The van der Waals surface area contributed by atoms with Crippen LogP contribution in [0.3, 0.4) is 0 Å². The summed E-state index contributed by atoms with van der Waals surface area (Å²) in [5.41, 5.74) is 3.26. The number of aryl methyl sites for hydroxylation is 2. The van der Waals surface area contributed by atoms with Gasteiger partial charge in [-0.2, -0.15) is 9.40 Å². The molecule has 0 spiro atoms. The minimum absolute atomic E-state index is 0.0496. The van der Waals surface area contributed by atoms with Crippen LogP contribution in [0, 0.1) is 13.8 Å². The Bertz CT molecular complexity index is 1280. The average molecular weight is 471 g/mol. The predicted molar refractivity (Wildman–Crippen MR) is 124 cm³/mol. The van der Waals surface area contributed by atoms with E-state index in [4.69, 9.17) is 9.47 Å². The fourth-order valence-electron chi connectivity index (χ4n) is 3.78. The number of sulfonamides is 1. The standard InChI is InChI=1S/C23H26N4O5S/c1-16-14-17(2)27(25-16)20-7-5-4-6-19(20)24-23(28)18-8-9-21(31-3)22(15-18)33(29,30)26-10-12-32-13-11-26/h4-9,14-15H,10-13H2,1-3H3,(H,24,28). The van der Waals surface area contributed by atoms with Gasteiger partial charge in [0.25, 0.3) is 5.91 Å². The van der Waals surface area contributed by atoms with Gasteiger partial charge in [-0.15, -0.1) is 0 Å². The van der Waals surface area contributed by atoms with Crippen molar-refractivity contribution < 1.29 is 22.7 Å². The highest BCUT2D eigenvalue weighted by Crippen LogP contribution is 2.29. The molecule has 1 saturated heterocycles. The van der Waals surface area contributed by atoms with Crippen molar-refractivity contribution in [2.45, 2.75) is 18.7 Å². The molecular weight excluding hydrogens is 444 g/mol. The van der Waals surface area contributed by atoms with E-state index in [0.29, 0.717) is 24.6 Å². The lowest BCUT2D eigenvalue weighted by atomic mass is 10.2. The summed E-state index contributed by atoms with van der Waals surface area (Å²) in [6.07, 6.45) is 0. The molecule has 3 aromatic rings. The number of nitrogens with one attached hydrogen (secondary N) is 1. The fraction of sp³-hybridized carbons (Fsp3) is 0.304. The van der Waals surface area contributed by atoms with Crippen LogP contribution < -0.4 is 10.1 Å². The van der Waals surface area contributed by atoms with Crippen LogP contribution in [-0.4, -0.2) is 61.8 Å². The molecule has 1 N–H and O–H groups in total. The Labute approximate surface area is 193 Å². The highest BCUT2D eigenvalue weighted by molar-refractivity contribution is 7.89. The number of ether oxygens (including phenoxy) is 2. The molecular formula is C23H26N4O5S. The fourth-order valence-corrected chi connectivity index (χ4v) is 5.37. The number of carbonyl (C=O) groups excluding carboxylic acids is 1. The lowest BCUT2D eigenvalue weighted by molar-refractivity contribution is 0.0729. The molecule has 2 aromatic carbocycles. The molecule has 10 heteroatoms. The molecule has 33 heavy (non-hydrogen) atoms. The maximum absolute atomic E-state index is 13.2. The maximum Gasteiger partial charge on any atom is 0.255 e. The zero-order chi connectivity index (χ0) is 23.6.